The molecule has 0 saturated carbocycles. The molecule has 7 aromatic carbocycles. The Kier molecular flexibility index (Phi) is 4.24. The second kappa shape index (κ2) is 11.4. The lowest BCUT2D eigenvalue weighted by Gasteiger charge is -2.11. The Morgan fingerprint density at radius 1 is 0.480 bits per heavy atom. The molecule has 0 amide bonds. The quantitative estimate of drug-likeness (QED) is 0.186. The summed E-state index contributed by atoms with van der Waals surface area (Å²) in [4.78, 5) is 14.7. The van der Waals surface area contributed by atoms with E-state index in [9.17, 15) is 1.37 Å². The summed E-state index contributed by atoms with van der Waals surface area (Å²) in [5, 5.41) is 0.702. The molecule has 0 radical (unpaired) electrons. The maximum Gasteiger partial charge on any atom is 0.164 e. The minimum absolute atomic E-state index is 0.107. The second-order valence-electron chi connectivity index (χ2n) is 11.5. The van der Waals surface area contributed by atoms with E-state index in [0.29, 0.717) is 45.0 Å². The van der Waals surface area contributed by atoms with Crippen LogP contribution in [-0.4, -0.2) is 19.5 Å². The molecule has 0 saturated heterocycles. The number of benzene rings is 7. The van der Waals surface area contributed by atoms with Gasteiger partial charge in [0.1, 0.15) is 11.2 Å². The lowest BCUT2D eigenvalue weighted by molar-refractivity contribution is 0.669. The van der Waals surface area contributed by atoms with Gasteiger partial charge in [-0.25, -0.2) is 15.0 Å². The van der Waals surface area contributed by atoms with Crippen molar-refractivity contribution in [2.45, 2.75) is 0 Å². The summed E-state index contributed by atoms with van der Waals surface area (Å²) in [6.45, 7) is 0. The van der Waals surface area contributed by atoms with Crippen molar-refractivity contribution >= 4 is 43.7 Å². The first kappa shape index (κ1) is 18.6. The lowest BCUT2D eigenvalue weighted by atomic mass is 10.00. The van der Waals surface area contributed by atoms with Crippen LogP contribution in [0.15, 0.2) is 174 Å². The number of para-hydroxylation sites is 2. The lowest BCUT2D eigenvalue weighted by Crippen LogP contribution is -2.00. The zero-order chi connectivity index (χ0) is 43.5. The number of furan rings is 1. The van der Waals surface area contributed by atoms with Crippen LogP contribution in [0.1, 0.15) is 16.4 Å². The summed E-state index contributed by atoms with van der Waals surface area (Å²) in [6.07, 6.45) is 0. The van der Waals surface area contributed by atoms with Crippen LogP contribution >= 0.6 is 0 Å². The van der Waals surface area contributed by atoms with Crippen LogP contribution in [0.25, 0.3) is 94.7 Å². The molecule has 0 aliphatic carbocycles. The standard InChI is InChI=1S/C45H28N4O/c1-3-13-29(14-4-1)43-46-44(30-15-5-2-6-16-30)48-45(47-43)36-21-12-24-41-42(36)37-28-32(25-26-40(37)50-41)31-17-11-18-33(27-31)49-38-22-9-7-19-34(38)35-20-8-10-23-39(35)49/h1-28H/i7D,8D,9D,10D,11D,17D,18D,19D,20D,22D,23D,27D. The third kappa shape index (κ3) is 4.60. The molecule has 0 unspecified atom stereocenters. The minimum atomic E-state index is -0.665. The molecule has 0 aliphatic heterocycles. The molecule has 10 rings (SSSR count). The SMILES string of the molecule is [2H]c1c([2H])c(-c2ccc3oc4cccc(-c5nc(-c6ccccc6)nc(-c6ccccc6)n5)c4c3c2)c([2H])c(-n2c3c([2H])c([2H])c([2H])c([2H])c3c3c([2H])c([2H])c([2H])c([2H])c32)c1[2H]. The molecule has 50 heavy (non-hydrogen) atoms. The molecule has 0 spiro atoms. The van der Waals surface area contributed by atoms with Crippen LogP contribution < -0.4 is 0 Å². The zero-order valence-electron chi connectivity index (χ0n) is 37.9. The van der Waals surface area contributed by atoms with Gasteiger partial charge in [0.2, 0.25) is 0 Å². The number of fused-ring (bicyclic) bond motifs is 6. The Bertz CT molecular complexity index is 3420. The summed E-state index contributed by atoms with van der Waals surface area (Å²) >= 11 is 0. The fraction of sp³-hybridized carbons (Fsp3) is 0. The van der Waals surface area contributed by atoms with Crippen molar-refractivity contribution in [1.82, 2.24) is 19.5 Å². The van der Waals surface area contributed by atoms with E-state index in [1.807, 2.05) is 72.8 Å². The van der Waals surface area contributed by atoms with E-state index in [1.165, 1.54) is 0 Å². The van der Waals surface area contributed by atoms with Crippen molar-refractivity contribution in [1.29, 1.82) is 0 Å². The van der Waals surface area contributed by atoms with Gasteiger partial charge in [-0.3, -0.25) is 0 Å². The largest absolute Gasteiger partial charge is 0.456 e. The highest BCUT2D eigenvalue weighted by Crippen LogP contribution is 2.39. The van der Waals surface area contributed by atoms with Crippen molar-refractivity contribution in [2.75, 3.05) is 0 Å². The van der Waals surface area contributed by atoms with Gasteiger partial charge in [-0.15, -0.1) is 0 Å². The molecular weight excluding hydrogens is 613 g/mol. The van der Waals surface area contributed by atoms with Crippen molar-refractivity contribution in [3.8, 4) is 51.0 Å². The normalized spacial score (nSPS) is 15.0. The summed E-state index contributed by atoms with van der Waals surface area (Å²) in [7, 11) is 0. The molecule has 5 nitrogen and oxygen atoms in total. The van der Waals surface area contributed by atoms with Crippen LogP contribution in [-0.2, 0) is 0 Å². The molecule has 0 N–H and O–H groups in total. The summed E-state index contributed by atoms with van der Waals surface area (Å²) in [5.41, 5.74) is 2.26. The maximum atomic E-state index is 9.67. The van der Waals surface area contributed by atoms with Gasteiger partial charge in [0.25, 0.3) is 0 Å². The van der Waals surface area contributed by atoms with Gasteiger partial charge >= 0.3 is 0 Å². The number of nitrogens with zero attached hydrogens (tertiary/aromatic N) is 4. The van der Waals surface area contributed by atoms with Crippen LogP contribution in [0.2, 0.25) is 0 Å². The molecule has 0 bridgehead atoms. The smallest absolute Gasteiger partial charge is 0.164 e. The molecule has 0 atom stereocenters. The molecule has 0 aliphatic rings. The van der Waals surface area contributed by atoms with Crippen molar-refractivity contribution in [2.24, 2.45) is 0 Å². The molecule has 10 aromatic rings. The van der Waals surface area contributed by atoms with Crippen LogP contribution in [0.4, 0.5) is 0 Å². The van der Waals surface area contributed by atoms with Gasteiger partial charge < -0.3 is 8.98 Å². The number of rotatable bonds is 5. The topological polar surface area (TPSA) is 56.7 Å². The number of aromatic nitrogens is 4. The fourth-order valence-corrected chi connectivity index (χ4v) is 6.33. The van der Waals surface area contributed by atoms with Gasteiger partial charge in [-0.2, -0.15) is 0 Å². The van der Waals surface area contributed by atoms with E-state index in [-0.39, 0.29) is 32.9 Å². The van der Waals surface area contributed by atoms with E-state index in [1.54, 1.807) is 24.3 Å². The third-order valence-corrected chi connectivity index (χ3v) is 8.59. The second-order valence-corrected chi connectivity index (χ2v) is 11.5. The number of hydrogen-bond donors (Lipinski definition) is 0. The highest BCUT2D eigenvalue weighted by Gasteiger charge is 2.19. The molecule has 5 heteroatoms. The van der Waals surface area contributed by atoms with Crippen molar-refractivity contribution in [3.63, 3.8) is 0 Å². The van der Waals surface area contributed by atoms with Gasteiger partial charge in [-0.05, 0) is 53.5 Å². The van der Waals surface area contributed by atoms with Gasteiger partial charge in [-0.1, -0.05) is 127 Å². The van der Waals surface area contributed by atoms with Gasteiger partial charge in [0, 0.05) is 43.9 Å². The zero-order valence-corrected chi connectivity index (χ0v) is 25.9. The Morgan fingerprint density at radius 2 is 1.12 bits per heavy atom. The summed E-state index contributed by atoms with van der Waals surface area (Å²) in [5.74, 6) is 1.25. The van der Waals surface area contributed by atoms with E-state index in [2.05, 4.69) is 0 Å². The Morgan fingerprint density at radius 3 is 1.80 bits per heavy atom. The predicted molar refractivity (Wildman–Crippen MR) is 203 cm³/mol. The molecule has 234 valence electrons. The molecule has 3 heterocycles. The first-order valence-electron chi connectivity index (χ1n) is 21.7. The van der Waals surface area contributed by atoms with Crippen LogP contribution in [0.3, 0.4) is 0 Å². The van der Waals surface area contributed by atoms with Crippen molar-refractivity contribution < 1.29 is 20.9 Å². The van der Waals surface area contributed by atoms with E-state index in [0.717, 1.165) is 15.7 Å². The summed E-state index contributed by atoms with van der Waals surface area (Å²) in [6, 6.07) is 22.2. The number of hydrogen-bond acceptors (Lipinski definition) is 4. The van der Waals surface area contributed by atoms with Crippen molar-refractivity contribution in [3.05, 3.63) is 170 Å². The molecule has 3 aromatic heterocycles. The first-order chi connectivity index (χ1) is 29.8. The van der Waals surface area contributed by atoms with Gasteiger partial charge in [0.15, 0.2) is 17.5 Å². The average Bonchev–Trinajstić information content (AvgIpc) is 3.85. The molecule has 0 fully saturated rings. The van der Waals surface area contributed by atoms with Gasteiger partial charge in [0.05, 0.1) is 27.5 Å². The summed E-state index contributed by atoms with van der Waals surface area (Å²) < 4.78 is 114. The van der Waals surface area contributed by atoms with E-state index >= 15 is 0 Å². The Balaban J connectivity index is 1.26. The van der Waals surface area contributed by atoms with Crippen LogP contribution in [0, 0.1) is 0 Å². The third-order valence-electron chi connectivity index (χ3n) is 8.59. The van der Waals surface area contributed by atoms with E-state index in [4.69, 9.17) is 34.4 Å². The highest BCUT2D eigenvalue weighted by molar-refractivity contribution is 6.13. The van der Waals surface area contributed by atoms with E-state index < -0.39 is 78.2 Å². The average molecular weight is 653 g/mol. The fourth-order valence-electron chi connectivity index (χ4n) is 6.33. The Hall–Kier alpha value is -6.85. The van der Waals surface area contributed by atoms with Crippen LogP contribution in [0.5, 0.6) is 0 Å². The Labute approximate surface area is 304 Å². The first-order valence-corrected chi connectivity index (χ1v) is 15.7. The monoisotopic (exact) mass is 652 g/mol. The molecular formula is C45H28N4O. The minimum Gasteiger partial charge on any atom is -0.456 e. The predicted octanol–water partition coefficient (Wildman–Crippen LogP) is 11.5. The highest BCUT2D eigenvalue weighted by atomic mass is 16.3. The maximum absolute atomic E-state index is 9.67.